The molecule has 0 aliphatic carbocycles. The largest absolute Gasteiger partial charge is 0.347 e. The standard InChI is InChI=1S/C16H23N3O2S/c1-12-16(14-7-3-4-8-15(14)18(12)2)22(20,21)19-9-5-6-13(10-17)11-19/h3-4,7-8,13H,5-6,9-11,17H2,1-2H3. The number of aryl methyl sites for hydroxylation is 1. The van der Waals surface area contributed by atoms with Crippen LogP contribution in [-0.2, 0) is 17.1 Å². The molecule has 1 atom stereocenters. The van der Waals surface area contributed by atoms with Gasteiger partial charge in [-0.15, -0.1) is 0 Å². The minimum Gasteiger partial charge on any atom is -0.347 e. The molecule has 22 heavy (non-hydrogen) atoms. The molecule has 1 aliphatic heterocycles. The summed E-state index contributed by atoms with van der Waals surface area (Å²) < 4.78 is 29.9. The molecule has 1 aromatic heterocycles. The van der Waals surface area contributed by atoms with E-state index in [9.17, 15) is 8.42 Å². The highest BCUT2D eigenvalue weighted by molar-refractivity contribution is 7.89. The number of hydrogen-bond donors (Lipinski definition) is 1. The quantitative estimate of drug-likeness (QED) is 0.938. The average molecular weight is 321 g/mol. The summed E-state index contributed by atoms with van der Waals surface area (Å²) >= 11 is 0. The molecule has 3 rings (SSSR count). The average Bonchev–Trinajstić information content (AvgIpc) is 2.80. The van der Waals surface area contributed by atoms with E-state index in [0.29, 0.717) is 24.5 Å². The van der Waals surface area contributed by atoms with Crippen LogP contribution in [0.1, 0.15) is 18.5 Å². The smallest absolute Gasteiger partial charge is 0.245 e. The lowest BCUT2D eigenvalue weighted by molar-refractivity contribution is 0.271. The van der Waals surface area contributed by atoms with Gasteiger partial charge >= 0.3 is 0 Å². The molecule has 1 fully saturated rings. The Morgan fingerprint density at radius 3 is 2.77 bits per heavy atom. The molecule has 2 aromatic rings. The highest BCUT2D eigenvalue weighted by atomic mass is 32.2. The summed E-state index contributed by atoms with van der Waals surface area (Å²) in [5.41, 5.74) is 7.48. The van der Waals surface area contributed by atoms with Crippen LogP contribution in [0.4, 0.5) is 0 Å². The van der Waals surface area contributed by atoms with Gasteiger partial charge in [0.2, 0.25) is 10.0 Å². The maximum Gasteiger partial charge on any atom is 0.245 e. The maximum absolute atomic E-state index is 13.2. The van der Waals surface area contributed by atoms with Gasteiger partial charge in [0.1, 0.15) is 4.90 Å². The maximum atomic E-state index is 13.2. The first-order valence-electron chi connectivity index (χ1n) is 7.71. The van der Waals surface area contributed by atoms with Crippen LogP contribution in [0.15, 0.2) is 29.2 Å². The first kappa shape index (κ1) is 15.5. The second-order valence-corrected chi connectivity index (χ2v) is 7.97. The van der Waals surface area contributed by atoms with E-state index < -0.39 is 10.0 Å². The Hall–Kier alpha value is -1.37. The molecule has 5 nitrogen and oxygen atoms in total. The van der Waals surface area contributed by atoms with Crippen LogP contribution in [0.3, 0.4) is 0 Å². The molecule has 1 unspecified atom stereocenters. The van der Waals surface area contributed by atoms with Crippen molar-refractivity contribution < 1.29 is 8.42 Å². The third kappa shape index (κ3) is 2.35. The Bertz CT molecular complexity index is 795. The number of sulfonamides is 1. The summed E-state index contributed by atoms with van der Waals surface area (Å²) in [5.74, 6) is 0.263. The number of nitrogens with two attached hydrogens (primary N) is 1. The summed E-state index contributed by atoms with van der Waals surface area (Å²) in [6, 6.07) is 7.67. The van der Waals surface area contributed by atoms with E-state index in [1.54, 1.807) is 4.31 Å². The highest BCUT2D eigenvalue weighted by Crippen LogP contribution is 2.32. The first-order chi connectivity index (χ1) is 10.5. The van der Waals surface area contributed by atoms with Crippen LogP contribution in [0, 0.1) is 12.8 Å². The molecule has 1 aromatic carbocycles. The van der Waals surface area contributed by atoms with Gasteiger partial charge in [0.15, 0.2) is 0 Å². The lowest BCUT2D eigenvalue weighted by Gasteiger charge is -2.31. The first-order valence-corrected chi connectivity index (χ1v) is 9.15. The molecule has 0 spiro atoms. The van der Waals surface area contributed by atoms with Crippen LogP contribution < -0.4 is 5.73 Å². The molecule has 0 radical (unpaired) electrons. The van der Waals surface area contributed by atoms with Crippen molar-refractivity contribution in [1.29, 1.82) is 0 Å². The van der Waals surface area contributed by atoms with Gasteiger partial charge in [0.25, 0.3) is 0 Å². The van der Waals surface area contributed by atoms with Gasteiger partial charge < -0.3 is 10.3 Å². The zero-order valence-electron chi connectivity index (χ0n) is 13.1. The normalized spacial score (nSPS) is 20.6. The van der Waals surface area contributed by atoms with Gasteiger partial charge in [0.05, 0.1) is 0 Å². The van der Waals surface area contributed by atoms with Crippen LogP contribution >= 0.6 is 0 Å². The number of rotatable bonds is 3. The van der Waals surface area contributed by atoms with Crippen molar-refractivity contribution in [2.75, 3.05) is 19.6 Å². The van der Waals surface area contributed by atoms with E-state index in [4.69, 9.17) is 5.73 Å². The number of nitrogens with zero attached hydrogens (tertiary/aromatic N) is 2. The van der Waals surface area contributed by atoms with Gasteiger partial charge in [-0.2, -0.15) is 4.31 Å². The molecule has 0 saturated carbocycles. The van der Waals surface area contributed by atoms with E-state index in [2.05, 4.69) is 0 Å². The minimum atomic E-state index is -3.48. The summed E-state index contributed by atoms with van der Waals surface area (Å²) in [6.07, 6.45) is 1.89. The highest BCUT2D eigenvalue weighted by Gasteiger charge is 2.33. The molecule has 0 bridgehead atoms. The van der Waals surface area contributed by atoms with Crippen molar-refractivity contribution in [2.24, 2.45) is 18.7 Å². The Labute approximate surface area is 131 Å². The molecule has 6 heteroatoms. The molecule has 1 aliphatic rings. The van der Waals surface area contributed by atoms with E-state index >= 15 is 0 Å². The van der Waals surface area contributed by atoms with Gasteiger partial charge in [-0.25, -0.2) is 8.42 Å². The molecular formula is C16H23N3O2S. The Kier molecular flexibility index (Phi) is 4.01. The van der Waals surface area contributed by atoms with Crippen molar-refractivity contribution >= 4 is 20.9 Å². The fraction of sp³-hybridized carbons (Fsp3) is 0.500. The zero-order chi connectivity index (χ0) is 15.9. The van der Waals surface area contributed by atoms with E-state index in [1.807, 2.05) is 42.8 Å². The fourth-order valence-electron chi connectivity index (χ4n) is 3.38. The minimum absolute atomic E-state index is 0.263. The summed E-state index contributed by atoms with van der Waals surface area (Å²) in [6.45, 7) is 3.53. The second kappa shape index (κ2) is 5.68. The zero-order valence-corrected chi connectivity index (χ0v) is 13.9. The number of benzene rings is 1. The molecular weight excluding hydrogens is 298 g/mol. The van der Waals surface area contributed by atoms with Gasteiger partial charge in [0, 0.05) is 36.7 Å². The van der Waals surface area contributed by atoms with Gasteiger partial charge in [-0.3, -0.25) is 0 Å². The molecule has 120 valence electrons. The molecule has 2 N–H and O–H groups in total. The molecule has 1 saturated heterocycles. The predicted octanol–water partition coefficient (Wildman–Crippen LogP) is 1.85. The summed E-state index contributed by atoms with van der Waals surface area (Å²) in [5, 5.41) is 0.803. The number of fused-ring (bicyclic) bond motifs is 1. The Morgan fingerprint density at radius 2 is 2.05 bits per heavy atom. The summed E-state index contributed by atoms with van der Waals surface area (Å²) in [7, 11) is -1.57. The lowest BCUT2D eigenvalue weighted by atomic mass is 10.0. The van der Waals surface area contributed by atoms with Gasteiger partial charge in [-0.1, -0.05) is 18.2 Å². The van der Waals surface area contributed by atoms with Crippen molar-refractivity contribution in [3.8, 4) is 0 Å². The van der Waals surface area contributed by atoms with E-state index in [0.717, 1.165) is 29.4 Å². The van der Waals surface area contributed by atoms with Crippen LogP contribution in [0.25, 0.3) is 10.9 Å². The SMILES string of the molecule is Cc1c(S(=O)(=O)N2CCCC(CN)C2)c2ccccc2n1C. The monoisotopic (exact) mass is 321 g/mol. The van der Waals surface area contributed by atoms with Crippen LogP contribution in [0.5, 0.6) is 0 Å². The number of para-hydroxylation sites is 1. The fourth-order valence-corrected chi connectivity index (χ4v) is 5.37. The number of piperidine rings is 1. The Balaban J connectivity index is 2.12. The van der Waals surface area contributed by atoms with Crippen molar-refractivity contribution in [1.82, 2.24) is 8.87 Å². The second-order valence-electron chi connectivity index (χ2n) is 6.10. The van der Waals surface area contributed by atoms with Crippen molar-refractivity contribution in [2.45, 2.75) is 24.7 Å². The summed E-state index contributed by atoms with van der Waals surface area (Å²) in [4.78, 5) is 0.447. The van der Waals surface area contributed by atoms with Crippen molar-refractivity contribution in [3.63, 3.8) is 0 Å². The van der Waals surface area contributed by atoms with E-state index in [1.165, 1.54) is 0 Å². The van der Waals surface area contributed by atoms with Gasteiger partial charge in [-0.05, 0) is 38.3 Å². The van der Waals surface area contributed by atoms with Crippen LogP contribution in [-0.4, -0.2) is 36.9 Å². The molecule has 2 heterocycles. The Morgan fingerprint density at radius 1 is 1.32 bits per heavy atom. The van der Waals surface area contributed by atoms with Crippen LogP contribution in [0.2, 0.25) is 0 Å². The topological polar surface area (TPSA) is 68.3 Å². The molecule has 0 amide bonds. The number of aromatic nitrogens is 1. The third-order valence-electron chi connectivity index (χ3n) is 4.75. The van der Waals surface area contributed by atoms with Crippen molar-refractivity contribution in [3.05, 3.63) is 30.0 Å². The lowest BCUT2D eigenvalue weighted by Crippen LogP contribution is -2.42. The third-order valence-corrected chi connectivity index (χ3v) is 6.80. The van der Waals surface area contributed by atoms with E-state index in [-0.39, 0.29) is 5.92 Å². The predicted molar refractivity (Wildman–Crippen MR) is 88.2 cm³/mol. The number of hydrogen-bond acceptors (Lipinski definition) is 3.